The molecular weight excluding hydrogens is 258 g/mol. The standard InChI is InChI=1S/C11H11NO3S2/c1-15-11(13)8-4-3-7-6-10(17(2,12)14)16-9(7)5-8/h3-6,12H,1-2H3. The third kappa shape index (κ3) is 2.32. The molecule has 90 valence electrons. The first-order valence-corrected chi connectivity index (χ1v) is 7.56. The van der Waals surface area contributed by atoms with E-state index in [9.17, 15) is 9.00 Å². The summed E-state index contributed by atoms with van der Waals surface area (Å²) in [7, 11) is -1.37. The summed E-state index contributed by atoms with van der Waals surface area (Å²) in [4.78, 5) is 11.3. The summed E-state index contributed by atoms with van der Waals surface area (Å²) in [5.41, 5.74) is 0.459. The molecule has 6 heteroatoms. The van der Waals surface area contributed by atoms with E-state index in [2.05, 4.69) is 4.74 Å². The van der Waals surface area contributed by atoms with Crippen molar-refractivity contribution in [2.24, 2.45) is 0 Å². The molecule has 2 aromatic rings. The summed E-state index contributed by atoms with van der Waals surface area (Å²) in [6, 6.07) is 6.86. The Morgan fingerprint density at radius 1 is 1.41 bits per heavy atom. The molecule has 0 aliphatic carbocycles. The van der Waals surface area contributed by atoms with Crippen molar-refractivity contribution in [3.8, 4) is 0 Å². The van der Waals surface area contributed by atoms with Crippen LogP contribution in [0.5, 0.6) is 0 Å². The number of methoxy groups -OCH3 is 1. The number of carbonyl (C=O) groups is 1. The van der Waals surface area contributed by atoms with Crippen LogP contribution in [0.1, 0.15) is 10.4 Å². The van der Waals surface area contributed by atoms with Crippen LogP contribution < -0.4 is 0 Å². The Labute approximate surface area is 103 Å². The zero-order valence-electron chi connectivity index (χ0n) is 9.35. The minimum atomic E-state index is -2.70. The number of ether oxygens (including phenoxy) is 1. The summed E-state index contributed by atoms with van der Waals surface area (Å²) in [5, 5.41) is 0.888. The molecule has 1 aromatic carbocycles. The Bertz CT molecular complexity index is 686. The predicted octanol–water partition coefficient (Wildman–Crippen LogP) is 2.72. The Hall–Kier alpha value is -1.40. The molecule has 0 bridgehead atoms. The van der Waals surface area contributed by atoms with Gasteiger partial charge in [-0.3, -0.25) is 0 Å². The van der Waals surface area contributed by atoms with E-state index in [0.29, 0.717) is 9.77 Å². The van der Waals surface area contributed by atoms with Gasteiger partial charge >= 0.3 is 5.97 Å². The molecule has 0 aliphatic heterocycles. The van der Waals surface area contributed by atoms with Gasteiger partial charge in [-0.25, -0.2) is 13.8 Å². The fraction of sp³-hybridized carbons (Fsp3) is 0.182. The van der Waals surface area contributed by atoms with E-state index < -0.39 is 15.7 Å². The molecule has 1 unspecified atom stereocenters. The van der Waals surface area contributed by atoms with E-state index in [-0.39, 0.29) is 0 Å². The Morgan fingerprint density at radius 2 is 2.12 bits per heavy atom. The number of fused-ring (bicyclic) bond motifs is 1. The average molecular weight is 269 g/mol. The van der Waals surface area contributed by atoms with Crippen molar-refractivity contribution < 1.29 is 13.7 Å². The lowest BCUT2D eigenvalue weighted by Gasteiger charge is -1.97. The SMILES string of the molecule is COC(=O)c1ccc2cc(S(C)(=N)=O)sc2c1. The number of carbonyl (C=O) groups excluding carboxylic acids is 1. The maximum absolute atomic E-state index is 11.6. The van der Waals surface area contributed by atoms with Crippen molar-refractivity contribution in [3.63, 3.8) is 0 Å². The Kier molecular flexibility index (Phi) is 2.92. The van der Waals surface area contributed by atoms with Gasteiger partial charge in [0.05, 0.1) is 22.4 Å². The van der Waals surface area contributed by atoms with Crippen molar-refractivity contribution in [2.45, 2.75) is 4.21 Å². The van der Waals surface area contributed by atoms with Crippen LogP contribution in [0.3, 0.4) is 0 Å². The van der Waals surface area contributed by atoms with Crippen LogP contribution in [0.2, 0.25) is 0 Å². The predicted molar refractivity (Wildman–Crippen MR) is 68.2 cm³/mol. The quantitative estimate of drug-likeness (QED) is 0.852. The molecule has 1 aromatic heterocycles. The van der Waals surface area contributed by atoms with Crippen molar-refractivity contribution in [1.82, 2.24) is 0 Å². The first kappa shape index (κ1) is 12.1. The second-order valence-corrected chi connectivity index (χ2v) is 7.12. The van der Waals surface area contributed by atoms with Gasteiger partial charge in [0.25, 0.3) is 0 Å². The number of hydrogen-bond acceptors (Lipinski definition) is 5. The third-order valence-electron chi connectivity index (χ3n) is 2.30. The van der Waals surface area contributed by atoms with Gasteiger partial charge in [0.15, 0.2) is 0 Å². The average Bonchev–Trinajstić information content (AvgIpc) is 2.70. The van der Waals surface area contributed by atoms with Crippen molar-refractivity contribution in [3.05, 3.63) is 29.8 Å². The van der Waals surface area contributed by atoms with Crippen LogP contribution in [0.25, 0.3) is 10.1 Å². The van der Waals surface area contributed by atoms with Crippen LogP contribution in [-0.2, 0) is 14.5 Å². The second kappa shape index (κ2) is 4.12. The number of benzene rings is 1. The number of thiophene rings is 1. The molecule has 1 atom stereocenters. The number of hydrogen-bond donors (Lipinski definition) is 1. The highest BCUT2D eigenvalue weighted by atomic mass is 32.2. The highest BCUT2D eigenvalue weighted by Gasteiger charge is 2.11. The summed E-state index contributed by atoms with van der Waals surface area (Å²) in [6.45, 7) is 0. The van der Waals surface area contributed by atoms with Crippen molar-refractivity contribution in [2.75, 3.05) is 13.4 Å². The zero-order chi connectivity index (χ0) is 12.6. The molecule has 0 aliphatic rings. The molecule has 17 heavy (non-hydrogen) atoms. The summed E-state index contributed by atoms with van der Waals surface area (Å²) in [6.07, 6.45) is 1.39. The highest BCUT2D eigenvalue weighted by molar-refractivity contribution is 7.93. The number of rotatable bonds is 2. The minimum absolute atomic E-state index is 0.398. The van der Waals surface area contributed by atoms with Gasteiger partial charge in [0.1, 0.15) is 4.21 Å². The molecule has 0 radical (unpaired) electrons. The van der Waals surface area contributed by atoms with Crippen molar-refractivity contribution in [1.29, 1.82) is 4.78 Å². The third-order valence-corrected chi connectivity index (χ3v) is 5.28. The fourth-order valence-electron chi connectivity index (χ4n) is 1.44. The van der Waals surface area contributed by atoms with Crippen molar-refractivity contribution >= 4 is 37.1 Å². The summed E-state index contributed by atoms with van der Waals surface area (Å²) < 4.78 is 25.1. The van der Waals surface area contributed by atoms with Crippen LogP contribution in [0.4, 0.5) is 0 Å². The molecule has 0 fully saturated rings. The molecule has 0 saturated carbocycles. The number of nitrogens with one attached hydrogen (secondary N) is 1. The van der Waals surface area contributed by atoms with Gasteiger partial charge in [-0.1, -0.05) is 6.07 Å². The van der Waals surface area contributed by atoms with E-state index in [0.717, 1.165) is 10.1 Å². The molecule has 1 N–H and O–H groups in total. The maximum atomic E-state index is 11.6. The minimum Gasteiger partial charge on any atom is -0.465 e. The highest BCUT2D eigenvalue weighted by Crippen LogP contribution is 2.30. The zero-order valence-corrected chi connectivity index (χ0v) is 11.0. The molecule has 1 heterocycles. The normalized spacial score (nSPS) is 14.5. The maximum Gasteiger partial charge on any atom is 0.337 e. The summed E-state index contributed by atoms with van der Waals surface area (Å²) in [5.74, 6) is -0.398. The first-order valence-electron chi connectivity index (χ1n) is 4.77. The van der Waals surface area contributed by atoms with E-state index >= 15 is 0 Å². The molecular formula is C11H11NO3S2. The monoisotopic (exact) mass is 269 g/mol. The Morgan fingerprint density at radius 3 is 2.71 bits per heavy atom. The molecule has 4 nitrogen and oxygen atoms in total. The smallest absolute Gasteiger partial charge is 0.337 e. The van der Waals surface area contributed by atoms with Crippen LogP contribution >= 0.6 is 11.3 Å². The second-order valence-electron chi connectivity index (χ2n) is 3.65. The topological polar surface area (TPSA) is 67.2 Å². The Balaban J connectivity index is 2.60. The lowest BCUT2D eigenvalue weighted by Crippen LogP contribution is -1.99. The molecule has 0 amide bonds. The lowest BCUT2D eigenvalue weighted by molar-refractivity contribution is 0.0601. The number of esters is 1. The van der Waals surface area contributed by atoms with Gasteiger partial charge < -0.3 is 4.74 Å². The van der Waals surface area contributed by atoms with Crippen LogP contribution in [0, 0.1) is 4.78 Å². The molecule has 0 spiro atoms. The van der Waals surface area contributed by atoms with Gasteiger partial charge in [-0.2, -0.15) is 0 Å². The molecule has 2 rings (SSSR count). The first-order chi connectivity index (χ1) is 7.91. The van der Waals surface area contributed by atoms with Crippen LogP contribution in [0.15, 0.2) is 28.5 Å². The van der Waals surface area contributed by atoms with Gasteiger partial charge in [0.2, 0.25) is 0 Å². The summed E-state index contributed by atoms with van der Waals surface area (Å²) >= 11 is 1.28. The van der Waals surface area contributed by atoms with Crippen LogP contribution in [-0.4, -0.2) is 23.5 Å². The van der Waals surface area contributed by atoms with E-state index in [4.69, 9.17) is 4.78 Å². The van der Waals surface area contributed by atoms with Gasteiger partial charge in [0, 0.05) is 11.0 Å². The van der Waals surface area contributed by atoms with Gasteiger partial charge in [-0.05, 0) is 23.6 Å². The van der Waals surface area contributed by atoms with E-state index in [1.54, 1.807) is 24.3 Å². The van der Waals surface area contributed by atoms with E-state index in [1.165, 1.54) is 24.7 Å². The fourth-order valence-corrected chi connectivity index (χ4v) is 3.53. The van der Waals surface area contributed by atoms with E-state index in [1.807, 2.05) is 0 Å². The molecule has 0 saturated heterocycles. The van der Waals surface area contributed by atoms with Gasteiger partial charge in [-0.15, -0.1) is 11.3 Å². The lowest BCUT2D eigenvalue weighted by atomic mass is 10.2. The largest absolute Gasteiger partial charge is 0.465 e.